The average molecular weight is 283 g/mol. The van der Waals surface area contributed by atoms with Gasteiger partial charge in [0.25, 0.3) is 0 Å². The molecular weight excluding hydrogens is 268 g/mol. The van der Waals surface area contributed by atoms with Crippen molar-refractivity contribution in [3.63, 3.8) is 0 Å². The summed E-state index contributed by atoms with van der Waals surface area (Å²) >= 11 is 5.96. The van der Waals surface area contributed by atoms with Gasteiger partial charge in [-0.1, -0.05) is 54.1 Å². The molecule has 3 rings (SSSR count). The third kappa shape index (κ3) is 2.20. The van der Waals surface area contributed by atoms with E-state index in [0.29, 0.717) is 0 Å². The first-order chi connectivity index (χ1) is 9.70. The molecule has 3 aromatic carbocycles. The van der Waals surface area contributed by atoms with Crippen molar-refractivity contribution in [1.82, 2.24) is 0 Å². The summed E-state index contributed by atoms with van der Waals surface area (Å²) in [5, 5.41) is 12.6. The van der Waals surface area contributed by atoms with Crippen LogP contribution in [0.5, 0.6) is 0 Å². The number of aliphatic hydroxyl groups excluding tert-OH is 1. The number of halogens is 1. The molecule has 0 aromatic heterocycles. The summed E-state index contributed by atoms with van der Waals surface area (Å²) in [4.78, 5) is 0. The lowest BCUT2D eigenvalue weighted by Gasteiger charge is -2.13. The zero-order valence-corrected chi connectivity index (χ0v) is 12.0. The third-order valence-corrected chi connectivity index (χ3v) is 3.94. The molecule has 1 N–H and O–H groups in total. The zero-order valence-electron chi connectivity index (χ0n) is 11.2. The van der Waals surface area contributed by atoms with Crippen molar-refractivity contribution in [2.45, 2.75) is 13.5 Å². The lowest BCUT2D eigenvalue weighted by molar-refractivity contribution is 0.282. The summed E-state index contributed by atoms with van der Waals surface area (Å²) in [5.74, 6) is 0. The van der Waals surface area contributed by atoms with Crippen LogP contribution >= 0.6 is 11.6 Å². The SMILES string of the molecule is Cc1cc(-c2ccc(Cl)cc2)c2ccccc2c1CO. The molecule has 100 valence electrons. The summed E-state index contributed by atoms with van der Waals surface area (Å²) in [6, 6.07) is 18.2. The van der Waals surface area contributed by atoms with Gasteiger partial charge in [0, 0.05) is 5.02 Å². The van der Waals surface area contributed by atoms with Crippen molar-refractivity contribution in [1.29, 1.82) is 0 Å². The van der Waals surface area contributed by atoms with Gasteiger partial charge in [0.05, 0.1) is 6.61 Å². The lowest BCUT2D eigenvalue weighted by atomic mass is 9.92. The Kier molecular flexibility index (Phi) is 3.47. The second-order valence-electron chi connectivity index (χ2n) is 4.93. The molecule has 1 nitrogen and oxygen atoms in total. The molecule has 20 heavy (non-hydrogen) atoms. The average Bonchev–Trinajstić information content (AvgIpc) is 2.47. The number of benzene rings is 3. The van der Waals surface area contributed by atoms with Crippen LogP contribution in [0.4, 0.5) is 0 Å². The van der Waals surface area contributed by atoms with Gasteiger partial charge in [-0.05, 0) is 52.1 Å². The van der Waals surface area contributed by atoms with E-state index >= 15 is 0 Å². The van der Waals surface area contributed by atoms with Crippen LogP contribution < -0.4 is 0 Å². The second-order valence-corrected chi connectivity index (χ2v) is 5.37. The Bertz CT molecular complexity index is 760. The van der Waals surface area contributed by atoms with Crippen LogP contribution in [0.2, 0.25) is 5.02 Å². The number of aliphatic hydroxyl groups is 1. The Morgan fingerprint density at radius 1 is 0.950 bits per heavy atom. The van der Waals surface area contributed by atoms with Crippen LogP contribution in [0.1, 0.15) is 11.1 Å². The highest BCUT2D eigenvalue weighted by Crippen LogP contribution is 2.33. The summed E-state index contributed by atoms with van der Waals surface area (Å²) in [7, 11) is 0. The summed E-state index contributed by atoms with van der Waals surface area (Å²) in [6.07, 6.45) is 0. The Balaban J connectivity index is 2.34. The standard InChI is InChI=1S/C18H15ClO/c1-12-10-17(13-6-8-14(19)9-7-13)15-4-2-3-5-16(15)18(12)11-20/h2-10,20H,11H2,1H3. The van der Waals surface area contributed by atoms with Gasteiger partial charge < -0.3 is 5.11 Å². The van der Waals surface area contributed by atoms with Gasteiger partial charge in [-0.25, -0.2) is 0 Å². The maximum atomic E-state index is 9.60. The monoisotopic (exact) mass is 282 g/mol. The van der Waals surface area contributed by atoms with E-state index in [0.717, 1.165) is 32.5 Å². The third-order valence-electron chi connectivity index (χ3n) is 3.69. The molecule has 0 bridgehead atoms. The van der Waals surface area contributed by atoms with Crippen molar-refractivity contribution in [2.24, 2.45) is 0 Å². The Hall–Kier alpha value is -1.83. The normalized spacial score (nSPS) is 10.9. The first-order valence-corrected chi connectivity index (χ1v) is 6.96. The Morgan fingerprint density at radius 2 is 1.60 bits per heavy atom. The van der Waals surface area contributed by atoms with Gasteiger partial charge in [0.2, 0.25) is 0 Å². The van der Waals surface area contributed by atoms with Crippen molar-refractivity contribution < 1.29 is 5.11 Å². The fourth-order valence-corrected chi connectivity index (χ4v) is 2.78. The Labute approximate surface area is 123 Å². The molecule has 0 fully saturated rings. The molecule has 0 aliphatic carbocycles. The van der Waals surface area contributed by atoms with E-state index < -0.39 is 0 Å². The molecule has 0 saturated heterocycles. The minimum absolute atomic E-state index is 0.0627. The van der Waals surface area contributed by atoms with Gasteiger partial charge in [-0.2, -0.15) is 0 Å². The summed E-state index contributed by atoms with van der Waals surface area (Å²) < 4.78 is 0. The molecule has 0 spiro atoms. The highest BCUT2D eigenvalue weighted by Gasteiger charge is 2.10. The summed E-state index contributed by atoms with van der Waals surface area (Å²) in [5.41, 5.74) is 4.42. The number of hydrogen-bond acceptors (Lipinski definition) is 1. The van der Waals surface area contributed by atoms with Crippen LogP contribution in [-0.2, 0) is 6.61 Å². The van der Waals surface area contributed by atoms with E-state index in [-0.39, 0.29) is 6.61 Å². The van der Waals surface area contributed by atoms with Crippen LogP contribution in [0.25, 0.3) is 21.9 Å². The molecule has 0 heterocycles. The van der Waals surface area contributed by atoms with Gasteiger partial charge in [0.1, 0.15) is 0 Å². The van der Waals surface area contributed by atoms with Crippen LogP contribution in [-0.4, -0.2) is 5.11 Å². The minimum Gasteiger partial charge on any atom is -0.392 e. The van der Waals surface area contributed by atoms with Crippen LogP contribution in [0.3, 0.4) is 0 Å². The smallest absolute Gasteiger partial charge is 0.0690 e. The highest BCUT2D eigenvalue weighted by molar-refractivity contribution is 6.30. The predicted molar refractivity (Wildman–Crippen MR) is 85.1 cm³/mol. The maximum absolute atomic E-state index is 9.60. The molecule has 0 saturated carbocycles. The van der Waals surface area contributed by atoms with E-state index in [1.807, 2.05) is 43.3 Å². The molecule has 3 aromatic rings. The predicted octanol–water partition coefficient (Wildman–Crippen LogP) is 4.96. The minimum atomic E-state index is 0.0627. The molecule has 0 unspecified atom stereocenters. The number of aryl methyl sites for hydroxylation is 1. The molecule has 0 atom stereocenters. The zero-order chi connectivity index (χ0) is 14.1. The molecule has 0 aliphatic rings. The number of rotatable bonds is 2. The second kappa shape index (κ2) is 5.28. The van der Waals surface area contributed by atoms with Gasteiger partial charge in [-0.3, -0.25) is 0 Å². The quantitative estimate of drug-likeness (QED) is 0.704. The van der Waals surface area contributed by atoms with Gasteiger partial charge >= 0.3 is 0 Å². The van der Waals surface area contributed by atoms with Crippen LogP contribution in [0, 0.1) is 6.92 Å². The topological polar surface area (TPSA) is 20.2 Å². The molecule has 0 aliphatic heterocycles. The van der Waals surface area contributed by atoms with E-state index in [2.05, 4.69) is 18.2 Å². The fraction of sp³-hybridized carbons (Fsp3) is 0.111. The molecule has 0 amide bonds. The van der Waals surface area contributed by atoms with Gasteiger partial charge in [0.15, 0.2) is 0 Å². The maximum Gasteiger partial charge on any atom is 0.0690 e. The molecule has 0 radical (unpaired) electrons. The van der Waals surface area contributed by atoms with E-state index in [9.17, 15) is 5.11 Å². The first kappa shape index (κ1) is 13.2. The van der Waals surface area contributed by atoms with Crippen LogP contribution in [0.15, 0.2) is 54.6 Å². The molecule has 2 heteroatoms. The van der Waals surface area contributed by atoms with E-state index in [4.69, 9.17) is 11.6 Å². The van der Waals surface area contributed by atoms with Crippen molar-refractivity contribution >= 4 is 22.4 Å². The Morgan fingerprint density at radius 3 is 2.25 bits per heavy atom. The van der Waals surface area contributed by atoms with Gasteiger partial charge in [-0.15, -0.1) is 0 Å². The molecular formula is C18H15ClO. The largest absolute Gasteiger partial charge is 0.392 e. The lowest BCUT2D eigenvalue weighted by Crippen LogP contribution is -1.93. The highest BCUT2D eigenvalue weighted by atomic mass is 35.5. The van der Waals surface area contributed by atoms with Crippen molar-refractivity contribution in [3.8, 4) is 11.1 Å². The van der Waals surface area contributed by atoms with Crippen molar-refractivity contribution in [2.75, 3.05) is 0 Å². The number of hydrogen-bond donors (Lipinski definition) is 1. The number of fused-ring (bicyclic) bond motifs is 1. The van der Waals surface area contributed by atoms with Crippen molar-refractivity contribution in [3.05, 3.63) is 70.7 Å². The first-order valence-electron chi connectivity index (χ1n) is 6.58. The fourth-order valence-electron chi connectivity index (χ4n) is 2.65. The van der Waals surface area contributed by atoms with E-state index in [1.165, 1.54) is 5.56 Å². The summed E-state index contributed by atoms with van der Waals surface area (Å²) in [6.45, 7) is 2.10. The van der Waals surface area contributed by atoms with E-state index in [1.54, 1.807) is 0 Å².